The molecule has 4 nitrogen and oxygen atoms in total. The van der Waals surface area contributed by atoms with Crippen LogP contribution in [0, 0.1) is 0 Å². The fraction of sp³-hybridized carbons (Fsp3) is 0.227. The minimum atomic E-state index is 0. The maximum atomic E-state index is 6.50. The highest BCUT2D eigenvalue weighted by molar-refractivity contribution is 6.35. The van der Waals surface area contributed by atoms with Crippen molar-refractivity contribution in [1.29, 1.82) is 0 Å². The van der Waals surface area contributed by atoms with E-state index >= 15 is 0 Å². The van der Waals surface area contributed by atoms with Gasteiger partial charge in [0.25, 0.3) is 0 Å². The molecule has 0 aliphatic rings. The van der Waals surface area contributed by atoms with Crippen LogP contribution in [0.25, 0.3) is 0 Å². The lowest BCUT2D eigenvalue weighted by Gasteiger charge is -2.16. The predicted octanol–water partition coefficient (Wildman–Crippen LogP) is 6.73. The van der Waals surface area contributed by atoms with Crippen molar-refractivity contribution in [1.82, 2.24) is 10.3 Å². The molecular formula is C22H22Cl4N2O2. The van der Waals surface area contributed by atoms with Gasteiger partial charge in [0.1, 0.15) is 6.61 Å². The van der Waals surface area contributed by atoms with Crippen LogP contribution in [-0.2, 0) is 19.7 Å². The summed E-state index contributed by atoms with van der Waals surface area (Å²) in [6.07, 6.45) is 3.60. The minimum absolute atomic E-state index is 0. The monoisotopic (exact) mass is 486 g/mol. The maximum Gasteiger partial charge on any atom is 0.180 e. The molecule has 0 aliphatic heterocycles. The van der Waals surface area contributed by atoms with Crippen LogP contribution in [0.15, 0.2) is 54.9 Å². The van der Waals surface area contributed by atoms with Gasteiger partial charge in [-0.1, -0.05) is 46.9 Å². The number of benzene rings is 2. The molecule has 0 saturated carbocycles. The summed E-state index contributed by atoms with van der Waals surface area (Å²) in [5.41, 5.74) is 2.93. The van der Waals surface area contributed by atoms with E-state index in [9.17, 15) is 0 Å². The lowest BCUT2D eigenvalue weighted by atomic mass is 10.2. The van der Waals surface area contributed by atoms with Crippen LogP contribution >= 0.6 is 47.2 Å². The van der Waals surface area contributed by atoms with E-state index in [1.807, 2.05) is 43.5 Å². The molecule has 1 heterocycles. The highest BCUT2D eigenvalue weighted by Gasteiger charge is 2.14. The van der Waals surface area contributed by atoms with Crippen molar-refractivity contribution in [3.05, 3.63) is 86.6 Å². The summed E-state index contributed by atoms with van der Waals surface area (Å²) >= 11 is 18.7. The topological polar surface area (TPSA) is 43.4 Å². The molecule has 0 radical (unpaired) electrons. The van der Waals surface area contributed by atoms with Gasteiger partial charge in [0, 0.05) is 41.1 Å². The Hall–Kier alpha value is -1.69. The highest BCUT2D eigenvalue weighted by Crippen LogP contribution is 2.37. The number of ether oxygens (including phenoxy) is 2. The van der Waals surface area contributed by atoms with Crippen molar-refractivity contribution < 1.29 is 9.47 Å². The Morgan fingerprint density at radius 3 is 2.43 bits per heavy atom. The van der Waals surface area contributed by atoms with Crippen LogP contribution in [0.4, 0.5) is 0 Å². The Morgan fingerprint density at radius 2 is 1.73 bits per heavy atom. The first-order chi connectivity index (χ1) is 14.1. The molecule has 1 N–H and O–H groups in total. The molecule has 0 spiro atoms. The number of hydrogen-bond acceptors (Lipinski definition) is 4. The summed E-state index contributed by atoms with van der Waals surface area (Å²) in [6, 6.07) is 13.0. The van der Waals surface area contributed by atoms with Crippen LogP contribution in [0.5, 0.6) is 11.5 Å². The second-order valence-electron chi connectivity index (χ2n) is 6.33. The normalized spacial score (nSPS) is 10.4. The lowest BCUT2D eigenvalue weighted by Crippen LogP contribution is -2.13. The second kappa shape index (κ2) is 12.2. The largest absolute Gasteiger partial charge is 0.490 e. The van der Waals surface area contributed by atoms with Crippen molar-refractivity contribution in [2.24, 2.45) is 0 Å². The van der Waals surface area contributed by atoms with E-state index in [4.69, 9.17) is 44.3 Å². The molecule has 0 aliphatic carbocycles. The summed E-state index contributed by atoms with van der Waals surface area (Å²) in [5.74, 6) is 1.10. The first kappa shape index (κ1) is 24.6. The zero-order valence-electron chi connectivity index (χ0n) is 16.3. The van der Waals surface area contributed by atoms with Crippen LogP contribution in [-0.4, -0.2) is 11.6 Å². The van der Waals surface area contributed by atoms with E-state index in [0.29, 0.717) is 46.3 Å². The van der Waals surface area contributed by atoms with Gasteiger partial charge in [0.05, 0.1) is 11.6 Å². The molecular weight excluding hydrogens is 466 g/mol. The van der Waals surface area contributed by atoms with E-state index in [1.165, 1.54) is 0 Å². The molecule has 0 amide bonds. The van der Waals surface area contributed by atoms with Gasteiger partial charge in [-0.25, -0.2) is 0 Å². The Balaban J connectivity index is 0.00000320. The van der Waals surface area contributed by atoms with E-state index in [1.54, 1.807) is 18.3 Å². The predicted molar refractivity (Wildman–Crippen MR) is 125 cm³/mol. The SMILES string of the molecule is CCOc1cc(CNCc2cccnc2)cc(Cl)c1OCc1ccc(Cl)cc1Cl.Cl. The molecule has 0 saturated heterocycles. The molecule has 3 rings (SSSR count). The number of halogens is 4. The van der Waals surface area contributed by atoms with Crippen molar-refractivity contribution in [2.45, 2.75) is 26.6 Å². The van der Waals surface area contributed by atoms with Crippen LogP contribution in [0.1, 0.15) is 23.6 Å². The third kappa shape index (κ3) is 6.93. The summed E-state index contributed by atoms with van der Waals surface area (Å²) in [4.78, 5) is 4.12. The van der Waals surface area contributed by atoms with Gasteiger partial charge in [0.2, 0.25) is 0 Å². The first-order valence-corrected chi connectivity index (χ1v) is 10.3. The Bertz CT molecular complexity index is 955. The third-order valence-electron chi connectivity index (χ3n) is 4.14. The quantitative estimate of drug-likeness (QED) is 0.363. The zero-order chi connectivity index (χ0) is 20.6. The standard InChI is InChI=1S/C22H21Cl3N2O2.ClH/c1-2-28-21-9-16(13-27-12-15-4-3-7-26-11-15)8-20(25)22(21)29-14-17-5-6-18(23)10-19(17)24;/h3-11,27H,2,12-14H2,1H3;1H. The second-order valence-corrected chi connectivity index (χ2v) is 7.58. The van der Waals surface area contributed by atoms with Crippen LogP contribution < -0.4 is 14.8 Å². The molecule has 0 fully saturated rings. The molecule has 0 atom stereocenters. The molecule has 8 heteroatoms. The van der Waals surface area contributed by atoms with Gasteiger partial charge in [-0.05, 0) is 48.4 Å². The molecule has 2 aromatic carbocycles. The Labute approximate surface area is 197 Å². The number of hydrogen-bond donors (Lipinski definition) is 1. The van der Waals surface area contributed by atoms with Gasteiger partial charge in [-0.2, -0.15) is 0 Å². The third-order valence-corrected chi connectivity index (χ3v) is 5.01. The molecule has 1 aromatic heterocycles. The van der Waals surface area contributed by atoms with E-state index in [2.05, 4.69) is 10.3 Å². The van der Waals surface area contributed by atoms with Crippen molar-refractivity contribution in [3.63, 3.8) is 0 Å². The summed E-state index contributed by atoms with van der Waals surface area (Å²) in [7, 11) is 0. The van der Waals surface area contributed by atoms with Gasteiger partial charge in [0.15, 0.2) is 11.5 Å². The van der Waals surface area contributed by atoms with Crippen molar-refractivity contribution in [3.8, 4) is 11.5 Å². The smallest absolute Gasteiger partial charge is 0.180 e. The zero-order valence-corrected chi connectivity index (χ0v) is 19.4. The van der Waals surface area contributed by atoms with Crippen LogP contribution in [0.2, 0.25) is 15.1 Å². The van der Waals surface area contributed by atoms with Gasteiger partial charge < -0.3 is 14.8 Å². The first-order valence-electron chi connectivity index (χ1n) is 9.18. The number of rotatable bonds is 9. The Kier molecular flexibility index (Phi) is 10.0. The van der Waals surface area contributed by atoms with Gasteiger partial charge in [-0.15, -0.1) is 12.4 Å². The van der Waals surface area contributed by atoms with E-state index in [0.717, 1.165) is 16.7 Å². The average Bonchev–Trinajstić information content (AvgIpc) is 2.70. The summed E-state index contributed by atoms with van der Waals surface area (Å²) < 4.78 is 11.7. The van der Waals surface area contributed by atoms with Crippen molar-refractivity contribution >= 4 is 47.2 Å². The molecule has 0 unspecified atom stereocenters. The van der Waals surface area contributed by atoms with E-state index in [-0.39, 0.29) is 19.0 Å². The lowest BCUT2D eigenvalue weighted by molar-refractivity contribution is 0.269. The summed E-state index contributed by atoms with van der Waals surface area (Å²) in [6.45, 7) is 4.02. The number of pyridine rings is 1. The fourth-order valence-electron chi connectivity index (χ4n) is 2.77. The fourth-order valence-corrected chi connectivity index (χ4v) is 3.52. The molecule has 160 valence electrons. The van der Waals surface area contributed by atoms with E-state index < -0.39 is 0 Å². The highest BCUT2D eigenvalue weighted by atomic mass is 35.5. The van der Waals surface area contributed by atoms with Crippen LogP contribution in [0.3, 0.4) is 0 Å². The number of nitrogens with zero attached hydrogens (tertiary/aromatic N) is 1. The number of nitrogens with one attached hydrogen (secondary N) is 1. The number of aromatic nitrogens is 1. The van der Waals surface area contributed by atoms with Crippen molar-refractivity contribution in [2.75, 3.05) is 6.61 Å². The molecule has 30 heavy (non-hydrogen) atoms. The average molecular weight is 488 g/mol. The maximum absolute atomic E-state index is 6.50. The minimum Gasteiger partial charge on any atom is -0.490 e. The Morgan fingerprint density at radius 1 is 0.933 bits per heavy atom. The molecule has 3 aromatic rings. The van der Waals surface area contributed by atoms with Gasteiger partial charge >= 0.3 is 0 Å². The summed E-state index contributed by atoms with van der Waals surface area (Å²) in [5, 5.41) is 4.99. The van der Waals surface area contributed by atoms with Gasteiger partial charge in [-0.3, -0.25) is 4.98 Å². The molecule has 0 bridgehead atoms.